The van der Waals surface area contributed by atoms with Gasteiger partial charge in [0.15, 0.2) is 0 Å². The van der Waals surface area contributed by atoms with Gasteiger partial charge in [0.25, 0.3) is 0 Å². The average Bonchev–Trinajstić information content (AvgIpc) is 3.23. The number of anilines is 1. The first-order valence-electron chi connectivity index (χ1n) is 11.5. The van der Waals surface area contributed by atoms with E-state index >= 15 is 0 Å². The van der Waals surface area contributed by atoms with Gasteiger partial charge in [0, 0.05) is 32.3 Å². The zero-order chi connectivity index (χ0) is 23.7. The SMILES string of the molecule is O=C1CCN(c2cnn3ccc(CC4CCN(S(=O)(=O)Cc5ccccc5)CC4)cc23)C(=O)N1. The average molecular weight is 482 g/mol. The normalized spacial score (nSPS) is 18.4. The van der Waals surface area contributed by atoms with Crippen LogP contribution in [0.15, 0.2) is 54.9 Å². The van der Waals surface area contributed by atoms with E-state index in [1.807, 2.05) is 48.7 Å². The summed E-state index contributed by atoms with van der Waals surface area (Å²) >= 11 is 0. The van der Waals surface area contributed by atoms with Gasteiger partial charge in [-0.25, -0.2) is 22.0 Å². The molecule has 2 aliphatic rings. The van der Waals surface area contributed by atoms with Gasteiger partial charge in [0.1, 0.15) is 0 Å². The van der Waals surface area contributed by atoms with Gasteiger partial charge in [0.2, 0.25) is 15.9 Å². The Morgan fingerprint density at radius 2 is 1.76 bits per heavy atom. The van der Waals surface area contributed by atoms with E-state index < -0.39 is 16.1 Å². The molecule has 3 amide bonds. The number of pyridine rings is 1. The molecule has 0 radical (unpaired) electrons. The molecule has 4 heterocycles. The van der Waals surface area contributed by atoms with Crippen LogP contribution in [0.5, 0.6) is 0 Å². The van der Waals surface area contributed by atoms with E-state index in [4.69, 9.17) is 0 Å². The fraction of sp³-hybridized carbons (Fsp3) is 0.375. The lowest BCUT2D eigenvalue weighted by atomic mass is 9.91. The number of nitrogens with one attached hydrogen (secondary N) is 1. The van der Waals surface area contributed by atoms with Crippen LogP contribution >= 0.6 is 0 Å². The molecule has 10 heteroatoms. The van der Waals surface area contributed by atoms with Crippen LogP contribution in [-0.4, -0.2) is 53.9 Å². The lowest BCUT2D eigenvalue weighted by Crippen LogP contribution is -2.49. The van der Waals surface area contributed by atoms with Gasteiger partial charge in [-0.3, -0.25) is 15.0 Å². The van der Waals surface area contributed by atoms with E-state index in [1.165, 1.54) is 0 Å². The molecular weight excluding hydrogens is 454 g/mol. The number of aromatic nitrogens is 2. The van der Waals surface area contributed by atoms with Crippen molar-refractivity contribution in [2.45, 2.75) is 31.4 Å². The van der Waals surface area contributed by atoms with Crippen LogP contribution in [0.2, 0.25) is 0 Å². The molecule has 9 nitrogen and oxygen atoms in total. The number of amides is 3. The molecule has 5 rings (SSSR count). The summed E-state index contributed by atoms with van der Waals surface area (Å²) in [6, 6.07) is 12.9. The zero-order valence-corrected chi connectivity index (χ0v) is 19.6. The molecule has 1 N–H and O–H groups in total. The van der Waals surface area contributed by atoms with Crippen molar-refractivity contribution >= 4 is 33.2 Å². The van der Waals surface area contributed by atoms with Crippen molar-refractivity contribution in [2.24, 2.45) is 5.92 Å². The van der Waals surface area contributed by atoms with Gasteiger partial charge < -0.3 is 0 Å². The molecular formula is C24H27N5O4S. The van der Waals surface area contributed by atoms with Crippen molar-refractivity contribution in [1.82, 2.24) is 19.2 Å². The molecule has 178 valence electrons. The maximum atomic E-state index is 12.8. The number of fused-ring (bicyclic) bond motifs is 1. The minimum absolute atomic E-state index is 0.0365. The lowest BCUT2D eigenvalue weighted by molar-refractivity contribution is -0.120. The number of imide groups is 1. The highest BCUT2D eigenvalue weighted by atomic mass is 32.2. The molecule has 0 atom stereocenters. The van der Waals surface area contributed by atoms with Crippen LogP contribution in [-0.2, 0) is 27.0 Å². The predicted octanol–water partition coefficient (Wildman–Crippen LogP) is 2.57. The summed E-state index contributed by atoms with van der Waals surface area (Å²) in [6.45, 7) is 1.39. The van der Waals surface area contributed by atoms with Crippen LogP contribution in [0.25, 0.3) is 5.52 Å². The summed E-state index contributed by atoms with van der Waals surface area (Å²) in [5.74, 6) is 0.151. The molecule has 3 aromatic rings. The third kappa shape index (κ3) is 4.69. The number of sulfonamides is 1. The molecule has 0 spiro atoms. The summed E-state index contributed by atoms with van der Waals surface area (Å²) in [7, 11) is -3.33. The molecule has 0 aliphatic carbocycles. The highest BCUT2D eigenvalue weighted by Gasteiger charge is 2.29. The fourth-order valence-corrected chi connectivity index (χ4v) is 6.30. The lowest BCUT2D eigenvalue weighted by Gasteiger charge is -2.31. The maximum absolute atomic E-state index is 12.8. The van der Waals surface area contributed by atoms with E-state index in [0.29, 0.717) is 31.2 Å². The Hall–Kier alpha value is -3.24. The molecule has 2 aromatic heterocycles. The summed E-state index contributed by atoms with van der Waals surface area (Å²) in [5.41, 5.74) is 3.41. The molecule has 2 aliphatic heterocycles. The van der Waals surface area contributed by atoms with E-state index in [2.05, 4.69) is 10.4 Å². The van der Waals surface area contributed by atoms with E-state index in [-0.39, 0.29) is 18.1 Å². The first-order valence-corrected chi connectivity index (χ1v) is 13.1. The second-order valence-electron chi connectivity index (χ2n) is 8.94. The van der Waals surface area contributed by atoms with Crippen LogP contribution in [0.3, 0.4) is 0 Å². The second-order valence-corrected chi connectivity index (χ2v) is 10.9. The number of nitrogens with zero attached hydrogens (tertiary/aromatic N) is 4. The van der Waals surface area contributed by atoms with Gasteiger partial charge in [-0.05, 0) is 48.4 Å². The monoisotopic (exact) mass is 481 g/mol. The van der Waals surface area contributed by atoms with Crippen molar-refractivity contribution in [3.05, 3.63) is 66.0 Å². The number of rotatable bonds is 6. The summed E-state index contributed by atoms with van der Waals surface area (Å²) in [4.78, 5) is 25.3. The first kappa shape index (κ1) is 22.5. The largest absolute Gasteiger partial charge is 0.328 e. The van der Waals surface area contributed by atoms with Crippen molar-refractivity contribution < 1.29 is 18.0 Å². The molecule has 0 bridgehead atoms. The number of piperidine rings is 1. The quantitative estimate of drug-likeness (QED) is 0.583. The summed E-state index contributed by atoms with van der Waals surface area (Å²) in [6.07, 6.45) is 6.22. The topological polar surface area (TPSA) is 104 Å². The second kappa shape index (κ2) is 9.19. The number of urea groups is 1. The third-order valence-corrected chi connectivity index (χ3v) is 8.44. The van der Waals surface area contributed by atoms with Crippen LogP contribution in [0.1, 0.15) is 30.4 Å². The zero-order valence-electron chi connectivity index (χ0n) is 18.8. The number of benzene rings is 1. The summed E-state index contributed by atoms with van der Waals surface area (Å²) in [5, 5.41) is 6.69. The minimum Gasteiger partial charge on any atom is -0.290 e. The smallest absolute Gasteiger partial charge is 0.290 e. The minimum atomic E-state index is -3.33. The summed E-state index contributed by atoms with van der Waals surface area (Å²) < 4.78 is 29.0. The Labute approximate surface area is 198 Å². The molecule has 0 unspecified atom stereocenters. The number of hydrogen-bond donors (Lipinski definition) is 1. The van der Waals surface area contributed by atoms with Gasteiger partial charge in [-0.2, -0.15) is 5.10 Å². The maximum Gasteiger partial charge on any atom is 0.328 e. The van der Waals surface area contributed by atoms with Gasteiger partial charge in [-0.15, -0.1) is 0 Å². The Balaban J connectivity index is 1.24. The van der Waals surface area contributed by atoms with Gasteiger partial charge in [-0.1, -0.05) is 30.3 Å². The number of carbonyl (C=O) groups excluding carboxylic acids is 2. The van der Waals surface area contributed by atoms with Gasteiger partial charge >= 0.3 is 6.03 Å². The van der Waals surface area contributed by atoms with Crippen molar-refractivity contribution in [3.8, 4) is 0 Å². The predicted molar refractivity (Wildman–Crippen MR) is 128 cm³/mol. The Kier molecular flexibility index (Phi) is 6.09. The van der Waals surface area contributed by atoms with Crippen LogP contribution in [0, 0.1) is 5.92 Å². The molecule has 1 aromatic carbocycles. The van der Waals surface area contributed by atoms with Crippen molar-refractivity contribution in [2.75, 3.05) is 24.5 Å². The third-order valence-electron chi connectivity index (χ3n) is 6.59. The Morgan fingerprint density at radius 3 is 2.50 bits per heavy atom. The van der Waals surface area contributed by atoms with Crippen molar-refractivity contribution in [1.29, 1.82) is 0 Å². The van der Waals surface area contributed by atoms with E-state index in [9.17, 15) is 18.0 Å². The number of hydrogen-bond acceptors (Lipinski definition) is 5. The number of carbonyl (C=O) groups is 2. The highest BCUT2D eigenvalue weighted by Crippen LogP contribution is 2.28. The Bertz CT molecular complexity index is 1310. The Morgan fingerprint density at radius 1 is 1.00 bits per heavy atom. The fourth-order valence-electron chi connectivity index (χ4n) is 4.74. The molecule has 2 saturated heterocycles. The highest BCUT2D eigenvalue weighted by molar-refractivity contribution is 7.88. The molecule has 2 fully saturated rings. The standard InChI is InChI=1S/C24H27N5O4S/c30-23-9-12-28(24(31)26-23)22-16-25-29-13-8-20(15-21(22)29)14-18-6-10-27(11-7-18)34(32,33)17-19-4-2-1-3-5-19/h1-5,8,13,15-16,18H,6-7,9-12,14,17H2,(H,26,30,31). The van der Waals surface area contributed by atoms with E-state index in [0.717, 1.165) is 35.9 Å². The van der Waals surface area contributed by atoms with Crippen LogP contribution < -0.4 is 10.2 Å². The first-order chi connectivity index (χ1) is 16.4. The van der Waals surface area contributed by atoms with Crippen LogP contribution in [0.4, 0.5) is 10.5 Å². The molecule has 0 saturated carbocycles. The van der Waals surface area contributed by atoms with Gasteiger partial charge in [0.05, 0.1) is 23.2 Å². The molecule has 34 heavy (non-hydrogen) atoms. The van der Waals surface area contributed by atoms with E-state index in [1.54, 1.807) is 19.9 Å². The van der Waals surface area contributed by atoms with Crippen molar-refractivity contribution in [3.63, 3.8) is 0 Å².